The monoisotopic (exact) mass is 238 g/mol. The van der Waals surface area contributed by atoms with Crippen LogP contribution in [0.5, 0.6) is 0 Å². The maximum absolute atomic E-state index is 13.4. The topological polar surface area (TPSA) is 9.23 Å². The van der Waals surface area contributed by atoms with Crippen molar-refractivity contribution >= 4 is 18.5 Å². The molecule has 0 aliphatic carbocycles. The number of halogens is 5. The fourth-order valence-electron chi connectivity index (χ4n) is 0.789. The molecule has 0 fully saturated rings. The normalized spacial score (nSPS) is 18.5. The van der Waals surface area contributed by atoms with Crippen LogP contribution < -0.4 is 0 Å². The lowest BCUT2D eigenvalue weighted by Gasteiger charge is -2.34. The number of hydrogen-bond acceptors (Lipinski definition) is 1. The minimum Gasteiger partial charge on any atom is -0.341 e. The molecule has 0 aromatic carbocycles. The van der Waals surface area contributed by atoms with Crippen molar-refractivity contribution in [2.24, 2.45) is 0 Å². The van der Waals surface area contributed by atoms with Crippen molar-refractivity contribution in [2.75, 3.05) is 6.61 Å². The van der Waals surface area contributed by atoms with Crippen LogP contribution >= 0.6 is 11.1 Å². The second-order valence-corrected chi connectivity index (χ2v) is 9.42. The van der Waals surface area contributed by atoms with Gasteiger partial charge in [-0.2, -0.15) is 24.3 Å². The van der Waals surface area contributed by atoms with Crippen LogP contribution in [0.25, 0.3) is 0 Å². The van der Waals surface area contributed by atoms with Crippen LogP contribution in [0, 0.1) is 0 Å². The minimum atomic E-state index is -5.07. The molecule has 0 bridgehead atoms. The zero-order valence-electron chi connectivity index (χ0n) is 7.51. The molecule has 7 heteroatoms. The molecule has 1 unspecified atom stereocenters. The van der Waals surface area contributed by atoms with Gasteiger partial charge in [-0.25, -0.2) is 4.39 Å². The summed E-state index contributed by atoms with van der Waals surface area (Å²) >= 11 is 5.42. The van der Waals surface area contributed by atoms with Crippen molar-refractivity contribution in [1.82, 2.24) is 0 Å². The van der Waals surface area contributed by atoms with Crippen LogP contribution in [0.15, 0.2) is 0 Å². The summed E-state index contributed by atoms with van der Waals surface area (Å²) in [5.74, 6) is 0. The molecule has 0 aromatic heterocycles. The third-order valence-electron chi connectivity index (χ3n) is 1.47. The highest BCUT2D eigenvalue weighted by atomic mass is 35.6. The molecule has 1 nitrogen and oxygen atoms in total. The van der Waals surface area contributed by atoms with E-state index in [0.717, 1.165) is 13.1 Å². The Balaban J connectivity index is 4.96. The highest BCUT2D eigenvalue weighted by molar-refractivity contribution is 7.20. The summed E-state index contributed by atoms with van der Waals surface area (Å²) in [6.45, 7) is 3.03. The predicted octanol–water partition coefficient (Wildman–Crippen LogP) is 3.23. The standard InChI is InChI=1S/C6H11ClF4OSi/c1-4-12-6(11,5(8,9)10)13(2,3)7/h4H2,1-3H3. The molecule has 0 spiro atoms. The Morgan fingerprint density at radius 3 is 1.69 bits per heavy atom. The maximum atomic E-state index is 13.4. The first-order valence-electron chi connectivity index (χ1n) is 3.64. The minimum absolute atomic E-state index is 0.362. The third kappa shape index (κ3) is 2.57. The molecule has 0 rings (SSSR count). The zero-order valence-corrected chi connectivity index (χ0v) is 9.26. The molecule has 0 N–H and O–H groups in total. The van der Waals surface area contributed by atoms with Gasteiger partial charge in [-0.05, 0) is 6.92 Å². The largest absolute Gasteiger partial charge is 0.445 e. The Hall–Kier alpha value is 0.187. The summed E-state index contributed by atoms with van der Waals surface area (Å²) in [5, 5.41) is 0. The Kier molecular flexibility index (Phi) is 3.80. The van der Waals surface area contributed by atoms with Crippen LogP contribution in [0.4, 0.5) is 17.6 Å². The Bertz CT molecular complexity index is 162. The second-order valence-electron chi connectivity index (χ2n) is 3.00. The van der Waals surface area contributed by atoms with E-state index in [4.69, 9.17) is 11.1 Å². The smallest absolute Gasteiger partial charge is 0.341 e. The molecular formula is C6H11ClF4OSi. The van der Waals surface area contributed by atoms with E-state index in [9.17, 15) is 17.6 Å². The molecule has 0 heterocycles. The SMILES string of the molecule is CCOC(F)(C(F)(F)F)[Si](C)(C)Cl. The van der Waals surface area contributed by atoms with Gasteiger partial charge in [0.2, 0.25) is 7.38 Å². The average molecular weight is 239 g/mol. The van der Waals surface area contributed by atoms with E-state index >= 15 is 0 Å². The Morgan fingerprint density at radius 2 is 1.62 bits per heavy atom. The van der Waals surface area contributed by atoms with Crippen LogP contribution in [0.3, 0.4) is 0 Å². The second kappa shape index (κ2) is 3.74. The zero-order chi connectivity index (χ0) is 10.9. The molecule has 0 aliphatic heterocycles. The van der Waals surface area contributed by atoms with Crippen molar-refractivity contribution in [1.29, 1.82) is 0 Å². The third-order valence-corrected chi connectivity index (χ3v) is 4.16. The van der Waals surface area contributed by atoms with Crippen LogP contribution in [-0.2, 0) is 4.74 Å². The molecule has 80 valence electrons. The van der Waals surface area contributed by atoms with E-state index in [0.29, 0.717) is 0 Å². The summed E-state index contributed by atoms with van der Waals surface area (Å²) in [7, 11) is -3.61. The Labute approximate surface area is 79.7 Å². The summed E-state index contributed by atoms with van der Waals surface area (Å²) in [6, 6.07) is 0. The first-order valence-corrected chi connectivity index (χ1v) is 7.66. The Morgan fingerprint density at radius 1 is 1.23 bits per heavy atom. The molecule has 0 aromatic rings. The van der Waals surface area contributed by atoms with Gasteiger partial charge in [-0.15, -0.1) is 0 Å². The van der Waals surface area contributed by atoms with Crippen LogP contribution in [0.1, 0.15) is 6.92 Å². The summed E-state index contributed by atoms with van der Waals surface area (Å²) in [6.07, 6.45) is -5.07. The van der Waals surface area contributed by atoms with Gasteiger partial charge in [0.1, 0.15) is 0 Å². The fraction of sp³-hybridized carbons (Fsp3) is 1.00. The van der Waals surface area contributed by atoms with Gasteiger partial charge in [0.15, 0.2) is 0 Å². The lowest BCUT2D eigenvalue weighted by Crippen LogP contribution is -2.59. The van der Waals surface area contributed by atoms with E-state index in [1.807, 2.05) is 0 Å². The van der Waals surface area contributed by atoms with E-state index in [2.05, 4.69) is 4.74 Å². The average Bonchev–Trinajstić information content (AvgIpc) is 1.82. The van der Waals surface area contributed by atoms with Gasteiger partial charge in [-0.1, -0.05) is 13.1 Å². The van der Waals surface area contributed by atoms with Crippen molar-refractivity contribution in [3.63, 3.8) is 0 Å². The highest BCUT2D eigenvalue weighted by Gasteiger charge is 2.67. The molecule has 0 aliphatic rings. The van der Waals surface area contributed by atoms with Gasteiger partial charge in [-0.3, -0.25) is 0 Å². The molecule has 1 atom stereocenters. The number of hydrogen-bond donors (Lipinski definition) is 0. The summed E-state index contributed by atoms with van der Waals surface area (Å²) in [5.41, 5.74) is -3.67. The van der Waals surface area contributed by atoms with Gasteiger partial charge in [0, 0.05) is 6.61 Å². The van der Waals surface area contributed by atoms with Gasteiger partial charge >= 0.3 is 11.7 Å². The van der Waals surface area contributed by atoms with Crippen molar-refractivity contribution in [2.45, 2.75) is 31.7 Å². The quantitative estimate of drug-likeness (QED) is 0.417. The van der Waals surface area contributed by atoms with E-state index in [-0.39, 0.29) is 6.61 Å². The van der Waals surface area contributed by atoms with Crippen molar-refractivity contribution in [3.8, 4) is 0 Å². The summed E-state index contributed by atoms with van der Waals surface area (Å²) < 4.78 is 54.2. The predicted molar refractivity (Wildman–Crippen MR) is 44.9 cm³/mol. The maximum Gasteiger partial charge on any atom is 0.445 e. The first-order chi connectivity index (χ1) is 5.56. The fourth-order valence-corrected chi connectivity index (χ4v) is 2.44. The molecule has 0 saturated carbocycles. The molecule has 0 amide bonds. The van der Waals surface area contributed by atoms with Gasteiger partial charge < -0.3 is 4.74 Å². The first kappa shape index (κ1) is 13.2. The van der Waals surface area contributed by atoms with Crippen LogP contribution in [-0.4, -0.2) is 25.6 Å². The lowest BCUT2D eigenvalue weighted by atomic mass is 10.6. The number of rotatable bonds is 3. The summed E-state index contributed by atoms with van der Waals surface area (Å²) in [4.78, 5) is 0. The van der Waals surface area contributed by atoms with Gasteiger partial charge in [0.25, 0.3) is 0 Å². The van der Waals surface area contributed by atoms with Crippen LogP contribution in [0.2, 0.25) is 13.1 Å². The molecular weight excluding hydrogens is 228 g/mol. The van der Waals surface area contributed by atoms with E-state index in [1.165, 1.54) is 6.92 Å². The van der Waals surface area contributed by atoms with E-state index in [1.54, 1.807) is 0 Å². The van der Waals surface area contributed by atoms with Gasteiger partial charge in [0.05, 0.1) is 0 Å². The lowest BCUT2D eigenvalue weighted by molar-refractivity contribution is -0.293. The van der Waals surface area contributed by atoms with E-state index < -0.39 is 19.0 Å². The number of ether oxygens (including phenoxy) is 1. The molecule has 0 saturated heterocycles. The number of alkyl halides is 4. The van der Waals surface area contributed by atoms with Crippen molar-refractivity contribution < 1.29 is 22.3 Å². The van der Waals surface area contributed by atoms with Crippen molar-refractivity contribution in [3.05, 3.63) is 0 Å². The highest BCUT2D eigenvalue weighted by Crippen LogP contribution is 2.43. The molecule has 13 heavy (non-hydrogen) atoms. The molecule has 0 radical (unpaired) electrons.